The summed E-state index contributed by atoms with van der Waals surface area (Å²) in [5.74, 6) is 0.839. The van der Waals surface area contributed by atoms with Crippen LogP contribution >= 0.6 is 0 Å². The van der Waals surface area contributed by atoms with Gasteiger partial charge in [0.1, 0.15) is 0 Å². The fourth-order valence-corrected chi connectivity index (χ4v) is 3.25. The third-order valence-corrected chi connectivity index (χ3v) is 4.29. The van der Waals surface area contributed by atoms with Crippen LogP contribution in [0.3, 0.4) is 0 Å². The third kappa shape index (κ3) is 4.00. The summed E-state index contributed by atoms with van der Waals surface area (Å²) in [5.41, 5.74) is 2.16. The Labute approximate surface area is 133 Å². The van der Waals surface area contributed by atoms with Crippen LogP contribution in [0.25, 0.3) is 0 Å². The summed E-state index contributed by atoms with van der Waals surface area (Å²) in [6.07, 6.45) is 0.624. The van der Waals surface area contributed by atoms with E-state index in [-0.39, 0.29) is 0 Å². The zero-order valence-electron chi connectivity index (χ0n) is 14.7. The van der Waals surface area contributed by atoms with Crippen molar-refractivity contribution in [3.63, 3.8) is 0 Å². The summed E-state index contributed by atoms with van der Waals surface area (Å²) in [7, 11) is 3.60. The molecule has 3 atom stereocenters. The molecule has 0 aliphatic carbocycles. The average molecular weight is 310 g/mol. The molecule has 1 aromatic rings. The largest absolute Gasteiger partial charge is 0.481 e. The molecule has 1 N–H and O–H groups in total. The van der Waals surface area contributed by atoms with Crippen LogP contribution in [0, 0.1) is 6.92 Å². The van der Waals surface area contributed by atoms with Crippen molar-refractivity contribution in [1.82, 2.24) is 20.0 Å². The van der Waals surface area contributed by atoms with Crippen LogP contribution in [0.15, 0.2) is 0 Å². The predicted octanol–water partition coefficient (Wildman–Crippen LogP) is 1.32. The van der Waals surface area contributed by atoms with E-state index in [1.54, 1.807) is 11.8 Å². The molecular formula is C16H30N4O2. The Bertz CT molecular complexity index is 479. The van der Waals surface area contributed by atoms with E-state index in [1.807, 2.05) is 14.0 Å². The number of hydrogen-bond donors (Lipinski definition) is 1. The molecule has 1 saturated heterocycles. The molecule has 0 aromatic carbocycles. The molecule has 126 valence electrons. The third-order valence-electron chi connectivity index (χ3n) is 4.29. The van der Waals surface area contributed by atoms with Gasteiger partial charge in [0, 0.05) is 39.3 Å². The lowest BCUT2D eigenvalue weighted by Gasteiger charge is -2.39. The van der Waals surface area contributed by atoms with E-state index in [0.29, 0.717) is 18.2 Å². The summed E-state index contributed by atoms with van der Waals surface area (Å²) in [5, 5.41) is 7.96. The molecule has 1 aliphatic rings. The van der Waals surface area contributed by atoms with Crippen LogP contribution < -0.4 is 10.1 Å². The number of nitrogens with zero attached hydrogens (tertiary/aromatic N) is 3. The molecule has 0 saturated carbocycles. The Kier molecular flexibility index (Phi) is 5.83. The lowest BCUT2D eigenvalue weighted by Crippen LogP contribution is -2.51. The molecule has 6 heteroatoms. The number of aryl methyl sites for hydroxylation is 2. The molecule has 1 fully saturated rings. The van der Waals surface area contributed by atoms with Gasteiger partial charge in [0.05, 0.1) is 30.6 Å². The van der Waals surface area contributed by atoms with E-state index in [1.165, 1.54) is 0 Å². The Hall–Kier alpha value is -1.11. The summed E-state index contributed by atoms with van der Waals surface area (Å²) in [6, 6.07) is 0.483. The van der Waals surface area contributed by atoms with Gasteiger partial charge in [0.25, 0.3) is 0 Å². The van der Waals surface area contributed by atoms with Crippen LogP contribution in [0.1, 0.15) is 32.0 Å². The van der Waals surface area contributed by atoms with E-state index in [0.717, 1.165) is 43.3 Å². The Balaban J connectivity index is 1.86. The van der Waals surface area contributed by atoms with Gasteiger partial charge in [0.2, 0.25) is 5.88 Å². The van der Waals surface area contributed by atoms with E-state index in [9.17, 15) is 0 Å². The van der Waals surface area contributed by atoms with Crippen molar-refractivity contribution < 1.29 is 9.47 Å². The Morgan fingerprint density at radius 2 is 2.00 bits per heavy atom. The molecule has 1 aliphatic heterocycles. The molecular weight excluding hydrogens is 280 g/mol. The fourth-order valence-electron chi connectivity index (χ4n) is 3.25. The van der Waals surface area contributed by atoms with E-state index >= 15 is 0 Å². The SMILES string of the molecule is COc1c(CNC[C@@H](C)N2C[C@@H](C)O[C@@H](C)C2)c(C)nn1C. The van der Waals surface area contributed by atoms with Crippen LogP contribution in [-0.2, 0) is 18.3 Å². The first-order valence-electron chi connectivity index (χ1n) is 8.09. The summed E-state index contributed by atoms with van der Waals surface area (Å²) >= 11 is 0. The molecule has 2 rings (SSSR count). The van der Waals surface area contributed by atoms with Crippen molar-refractivity contribution in [1.29, 1.82) is 0 Å². The number of rotatable bonds is 6. The number of hydrogen-bond acceptors (Lipinski definition) is 5. The maximum Gasteiger partial charge on any atom is 0.216 e. The minimum atomic E-state index is 0.312. The van der Waals surface area contributed by atoms with Gasteiger partial charge in [-0.2, -0.15) is 5.10 Å². The van der Waals surface area contributed by atoms with Gasteiger partial charge >= 0.3 is 0 Å². The predicted molar refractivity (Wildman–Crippen MR) is 87.2 cm³/mol. The molecule has 0 radical (unpaired) electrons. The maximum absolute atomic E-state index is 5.80. The van der Waals surface area contributed by atoms with Gasteiger partial charge < -0.3 is 14.8 Å². The number of methoxy groups -OCH3 is 1. The normalized spacial score (nSPS) is 24.5. The number of morpholine rings is 1. The van der Waals surface area contributed by atoms with Gasteiger partial charge in [-0.05, 0) is 27.7 Å². The second kappa shape index (κ2) is 7.44. The lowest BCUT2D eigenvalue weighted by atomic mass is 10.1. The molecule has 1 aromatic heterocycles. The molecule has 2 heterocycles. The van der Waals surface area contributed by atoms with Gasteiger partial charge in [-0.3, -0.25) is 4.90 Å². The van der Waals surface area contributed by atoms with Gasteiger partial charge in [-0.1, -0.05) is 0 Å². The molecule has 22 heavy (non-hydrogen) atoms. The highest BCUT2D eigenvalue weighted by Gasteiger charge is 2.25. The van der Waals surface area contributed by atoms with Gasteiger partial charge in [-0.25, -0.2) is 4.68 Å². The van der Waals surface area contributed by atoms with Gasteiger partial charge in [-0.15, -0.1) is 0 Å². The molecule has 0 spiro atoms. The first-order valence-corrected chi connectivity index (χ1v) is 8.09. The van der Waals surface area contributed by atoms with E-state index in [2.05, 4.69) is 36.1 Å². The maximum atomic E-state index is 5.80. The summed E-state index contributed by atoms with van der Waals surface area (Å²) in [4.78, 5) is 2.50. The topological polar surface area (TPSA) is 51.6 Å². The fraction of sp³-hybridized carbons (Fsp3) is 0.812. The van der Waals surface area contributed by atoms with Crippen LogP contribution in [0.5, 0.6) is 5.88 Å². The second-order valence-electron chi connectivity index (χ2n) is 6.39. The van der Waals surface area contributed by atoms with Crippen molar-refractivity contribution in [2.45, 2.75) is 52.5 Å². The zero-order chi connectivity index (χ0) is 16.3. The van der Waals surface area contributed by atoms with E-state index in [4.69, 9.17) is 9.47 Å². The second-order valence-corrected chi connectivity index (χ2v) is 6.39. The first kappa shape index (κ1) is 17.2. The highest BCUT2D eigenvalue weighted by molar-refractivity contribution is 5.30. The van der Waals surface area contributed by atoms with Crippen molar-refractivity contribution >= 4 is 0 Å². The minimum absolute atomic E-state index is 0.312. The highest BCUT2D eigenvalue weighted by atomic mass is 16.5. The summed E-state index contributed by atoms with van der Waals surface area (Å²) in [6.45, 7) is 12.3. The smallest absolute Gasteiger partial charge is 0.216 e. The van der Waals surface area contributed by atoms with Gasteiger partial charge in [0.15, 0.2) is 0 Å². The molecule has 0 unspecified atom stereocenters. The Morgan fingerprint density at radius 1 is 1.36 bits per heavy atom. The number of aromatic nitrogens is 2. The molecule has 0 bridgehead atoms. The molecule has 0 amide bonds. The van der Waals surface area contributed by atoms with Crippen LogP contribution in [-0.4, -0.2) is 59.7 Å². The monoisotopic (exact) mass is 310 g/mol. The minimum Gasteiger partial charge on any atom is -0.481 e. The number of nitrogens with one attached hydrogen (secondary N) is 1. The summed E-state index contributed by atoms with van der Waals surface area (Å²) < 4.78 is 13.0. The molecule has 6 nitrogen and oxygen atoms in total. The zero-order valence-corrected chi connectivity index (χ0v) is 14.7. The highest BCUT2D eigenvalue weighted by Crippen LogP contribution is 2.20. The van der Waals surface area contributed by atoms with Crippen LogP contribution in [0.4, 0.5) is 0 Å². The van der Waals surface area contributed by atoms with Crippen molar-refractivity contribution in [3.8, 4) is 5.88 Å². The average Bonchev–Trinajstić information content (AvgIpc) is 2.71. The number of ether oxygens (including phenoxy) is 2. The van der Waals surface area contributed by atoms with E-state index < -0.39 is 0 Å². The van der Waals surface area contributed by atoms with Crippen molar-refractivity contribution in [2.75, 3.05) is 26.7 Å². The van der Waals surface area contributed by atoms with Crippen molar-refractivity contribution in [3.05, 3.63) is 11.3 Å². The lowest BCUT2D eigenvalue weighted by molar-refractivity contribution is -0.0781. The standard InChI is InChI=1S/C16H30N4O2/c1-11(20-9-12(2)22-13(3)10-20)7-17-8-15-14(4)18-19(5)16(15)21-6/h11-13,17H,7-10H2,1-6H3/t11-,12-,13+/m1/s1. The Morgan fingerprint density at radius 3 is 2.59 bits per heavy atom. The van der Waals surface area contributed by atoms with Crippen LogP contribution in [0.2, 0.25) is 0 Å². The first-order chi connectivity index (χ1) is 10.4. The van der Waals surface area contributed by atoms with Crippen molar-refractivity contribution in [2.24, 2.45) is 7.05 Å². The quantitative estimate of drug-likeness (QED) is 0.859.